The van der Waals surface area contributed by atoms with Crippen molar-refractivity contribution in [2.75, 3.05) is 26.2 Å². The van der Waals surface area contributed by atoms with Gasteiger partial charge in [0.15, 0.2) is 6.10 Å². The monoisotopic (exact) mass is 677 g/mol. The molecule has 1 atom stereocenters. The number of carbonyl (C=O) groups is 4. The number of aromatic nitrogens is 2. The number of hydrogen-bond donors (Lipinski definition) is 4. The first-order chi connectivity index (χ1) is 22.1. The van der Waals surface area contributed by atoms with Gasteiger partial charge in [-0.05, 0) is 99.1 Å². The van der Waals surface area contributed by atoms with Gasteiger partial charge in [0.2, 0.25) is 0 Å². The molecule has 0 aliphatic rings. The van der Waals surface area contributed by atoms with Crippen molar-refractivity contribution in [1.82, 2.24) is 25.3 Å². The molecule has 2 aromatic rings. The van der Waals surface area contributed by atoms with E-state index in [0.717, 1.165) is 0 Å². The zero-order valence-electron chi connectivity index (χ0n) is 29.4. The minimum atomic E-state index is -1.65. The predicted molar refractivity (Wildman–Crippen MR) is 177 cm³/mol. The SMILES string of the molecule is CC(C)(C)OC(=O)NCCCn1nc(-c2ccc(OCC(O)C(=O)O)cc2)cc1CN(CCNC(=O)OC(C)(C)C)C(=O)OC(C)(C)C. The van der Waals surface area contributed by atoms with Crippen molar-refractivity contribution in [2.45, 2.75) is 105 Å². The number of aliphatic hydroxyl groups excluding tert-OH is 1. The second kappa shape index (κ2) is 17.0. The Balaban J connectivity index is 2.30. The lowest BCUT2D eigenvalue weighted by atomic mass is 10.1. The summed E-state index contributed by atoms with van der Waals surface area (Å²) in [5, 5.41) is 28.5. The van der Waals surface area contributed by atoms with E-state index in [0.29, 0.717) is 42.2 Å². The Morgan fingerprint density at radius 1 is 0.854 bits per heavy atom. The lowest BCUT2D eigenvalue weighted by Crippen LogP contribution is -2.42. The highest BCUT2D eigenvalue weighted by atomic mass is 16.6. The van der Waals surface area contributed by atoms with Gasteiger partial charge in [-0.3, -0.25) is 4.68 Å². The van der Waals surface area contributed by atoms with E-state index in [9.17, 15) is 24.3 Å². The van der Waals surface area contributed by atoms with Gasteiger partial charge in [-0.2, -0.15) is 5.10 Å². The standard InChI is InChI=1S/C33H51N5O10/c1-31(2,3)46-28(42)34-15-10-17-38-23(19-25(36-38)22-11-13-24(14-12-22)45-21-26(39)27(40)41)20-37(30(44)48-33(7,8)9)18-16-35-29(43)47-32(4,5)6/h11-14,19,26,39H,10,15-18,20-21H2,1-9H3,(H,34,42)(H,35,43)(H,40,41). The van der Waals surface area contributed by atoms with Gasteiger partial charge >= 0.3 is 24.2 Å². The maximum atomic E-state index is 13.3. The van der Waals surface area contributed by atoms with E-state index in [-0.39, 0.29) is 19.6 Å². The number of rotatable bonds is 14. The predicted octanol–water partition coefficient (Wildman–Crippen LogP) is 4.55. The summed E-state index contributed by atoms with van der Waals surface area (Å²) in [5.74, 6) is -1.02. The molecule has 15 nitrogen and oxygen atoms in total. The van der Waals surface area contributed by atoms with Crippen molar-refractivity contribution in [3.8, 4) is 17.0 Å². The van der Waals surface area contributed by atoms with Crippen molar-refractivity contribution in [2.24, 2.45) is 0 Å². The molecule has 1 aromatic heterocycles. The largest absolute Gasteiger partial charge is 0.490 e. The third-order valence-corrected chi connectivity index (χ3v) is 5.98. The van der Waals surface area contributed by atoms with E-state index < -0.39 is 53.8 Å². The number of aliphatic hydroxyl groups is 1. The molecule has 1 unspecified atom stereocenters. The van der Waals surface area contributed by atoms with Crippen LogP contribution in [0.4, 0.5) is 14.4 Å². The maximum Gasteiger partial charge on any atom is 0.410 e. The normalized spacial score (nSPS) is 12.5. The van der Waals surface area contributed by atoms with E-state index in [2.05, 4.69) is 10.6 Å². The van der Waals surface area contributed by atoms with Crippen LogP contribution in [0.1, 0.15) is 74.4 Å². The van der Waals surface area contributed by atoms with Gasteiger partial charge < -0.3 is 44.7 Å². The van der Waals surface area contributed by atoms with Crippen LogP contribution in [-0.2, 0) is 32.1 Å². The van der Waals surface area contributed by atoms with Crippen molar-refractivity contribution < 1.29 is 48.3 Å². The van der Waals surface area contributed by atoms with Crippen LogP contribution >= 0.6 is 0 Å². The minimum Gasteiger partial charge on any atom is -0.490 e. The fourth-order valence-corrected chi connectivity index (χ4v) is 3.98. The molecule has 0 spiro atoms. The first kappa shape index (κ1) is 39.6. The summed E-state index contributed by atoms with van der Waals surface area (Å²) < 4.78 is 23.4. The molecule has 4 N–H and O–H groups in total. The number of ether oxygens (including phenoxy) is 4. The topological polar surface area (TPSA) is 191 Å². The van der Waals surface area contributed by atoms with Crippen LogP contribution in [0.2, 0.25) is 0 Å². The van der Waals surface area contributed by atoms with E-state index >= 15 is 0 Å². The van der Waals surface area contributed by atoms with Gasteiger partial charge in [0, 0.05) is 31.7 Å². The van der Waals surface area contributed by atoms with Crippen LogP contribution in [0.3, 0.4) is 0 Å². The summed E-state index contributed by atoms with van der Waals surface area (Å²) in [5.41, 5.74) is -0.122. The summed E-state index contributed by atoms with van der Waals surface area (Å²) >= 11 is 0. The highest BCUT2D eigenvalue weighted by Gasteiger charge is 2.25. The number of aryl methyl sites for hydroxylation is 1. The zero-order valence-corrected chi connectivity index (χ0v) is 29.4. The molecule has 1 heterocycles. The first-order valence-electron chi connectivity index (χ1n) is 15.7. The Bertz CT molecular complexity index is 1370. The lowest BCUT2D eigenvalue weighted by molar-refractivity contribution is -0.148. The molecule has 3 amide bonds. The number of hydrogen-bond acceptors (Lipinski definition) is 10. The molecule has 1 aromatic carbocycles. The number of aliphatic carboxylic acids is 1. The van der Waals surface area contributed by atoms with Crippen molar-refractivity contribution in [3.05, 3.63) is 36.0 Å². The van der Waals surface area contributed by atoms with Crippen LogP contribution < -0.4 is 15.4 Å². The molecule has 0 aliphatic carbocycles. The minimum absolute atomic E-state index is 0.0890. The van der Waals surface area contributed by atoms with Crippen molar-refractivity contribution in [1.29, 1.82) is 0 Å². The van der Waals surface area contributed by atoms with Crippen LogP contribution in [0.15, 0.2) is 30.3 Å². The third kappa shape index (κ3) is 15.4. The number of alkyl carbamates (subject to hydrolysis) is 2. The molecule has 48 heavy (non-hydrogen) atoms. The fraction of sp³-hybridized carbons (Fsp3) is 0.606. The molecule has 0 saturated heterocycles. The molecule has 0 saturated carbocycles. The van der Waals surface area contributed by atoms with E-state index in [1.165, 1.54) is 4.90 Å². The second-order valence-corrected chi connectivity index (χ2v) is 14.0. The molecule has 0 fully saturated rings. The Kier molecular flexibility index (Phi) is 14.1. The number of carboxylic acid groups (broad SMARTS) is 1. The lowest BCUT2D eigenvalue weighted by Gasteiger charge is -2.28. The van der Waals surface area contributed by atoms with Gasteiger partial charge in [0.25, 0.3) is 0 Å². The van der Waals surface area contributed by atoms with Crippen LogP contribution in [0, 0.1) is 0 Å². The van der Waals surface area contributed by atoms with E-state index in [1.807, 2.05) is 6.07 Å². The summed E-state index contributed by atoms with van der Waals surface area (Å²) in [7, 11) is 0. The molecule has 0 bridgehead atoms. The summed E-state index contributed by atoms with van der Waals surface area (Å²) in [6, 6.07) is 8.55. The van der Waals surface area contributed by atoms with Crippen LogP contribution in [0.25, 0.3) is 11.3 Å². The van der Waals surface area contributed by atoms with Crippen molar-refractivity contribution in [3.63, 3.8) is 0 Å². The average molecular weight is 678 g/mol. The summed E-state index contributed by atoms with van der Waals surface area (Å²) in [4.78, 5) is 50.0. The highest BCUT2D eigenvalue weighted by Crippen LogP contribution is 2.24. The number of carbonyl (C=O) groups excluding carboxylic acids is 3. The summed E-state index contributed by atoms with van der Waals surface area (Å²) in [6.45, 7) is 16.5. The Labute approximate surface area is 281 Å². The number of benzene rings is 1. The second-order valence-electron chi connectivity index (χ2n) is 14.0. The zero-order chi connectivity index (χ0) is 36.3. The van der Waals surface area contributed by atoms with Gasteiger partial charge in [-0.15, -0.1) is 0 Å². The third-order valence-electron chi connectivity index (χ3n) is 5.98. The molecule has 0 aliphatic heterocycles. The van der Waals surface area contributed by atoms with Gasteiger partial charge in [-0.1, -0.05) is 0 Å². The van der Waals surface area contributed by atoms with Crippen molar-refractivity contribution >= 4 is 24.2 Å². The Morgan fingerprint density at radius 3 is 1.92 bits per heavy atom. The average Bonchev–Trinajstić information content (AvgIpc) is 3.33. The van der Waals surface area contributed by atoms with Gasteiger partial charge in [-0.25, -0.2) is 19.2 Å². The van der Waals surface area contributed by atoms with E-state index in [1.54, 1.807) is 91.3 Å². The quantitative estimate of drug-likeness (QED) is 0.162. The molecule has 0 radical (unpaired) electrons. The Morgan fingerprint density at radius 2 is 1.40 bits per heavy atom. The smallest absolute Gasteiger partial charge is 0.410 e. The summed E-state index contributed by atoms with van der Waals surface area (Å²) in [6.07, 6.45) is -2.88. The number of carboxylic acids is 1. The van der Waals surface area contributed by atoms with Gasteiger partial charge in [0.05, 0.1) is 17.9 Å². The van der Waals surface area contributed by atoms with Gasteiger partial charge in [0.1, 0.15) is 29.2 Å². The molecule has 268 valence electrons. The van der Waals surface area contributed by atoms with Crippen LogP contribution in [0.5, 0.6) is 5.75 Å². The first-order valence-corrected chi connectivity index (χ1v) is 15.7. The molecule has 2 rings (SSSR count). The number of amides is 3. The number of nitrogens with one attached hydrogen (secondary N) is 2. The molecule has 15 heteroatoms. The fourth-order valence-electron chi connectivity index (χ4n) is 3.98. The number of nitrogens with zero attached hydrogens (tertiary/aromatic N) is 3. The maximum absolute atomic E-state index is 13.3. The van der Waals surface area contributed by atoms with E-state index in [4.69, 9.17) is 29.2 Å². The highest BCUT2D eigenvalue weighted by molar-refractivity contribution is 5.72. The molecular formula is C33H51N5O10. The van der Waals surface area contributed by atoms with Crippen LogP contribution in [-0.4, -0.2) is 98.3 Å². The Hall–Kier alpha value is -4.53. The molecular weight excluding hydrogens is 626 g/mol.